The van der Waals surface area contributed by atoms with E-state index in [1.807, 2.05) is 12.4 Å². The molecule has 1 rings (SSSR count). The van der Waals surface area contributed by atoms with Crippen molar-refractivity contribution in [2.24, 2.45) is 0 Å². The summed E-state index contributed by atoms with van der Waals surface area (Å²) < 4.78 is 7.44. The first-order chi connectivity index (χ1) is 7.33. The van der Waals surface area contributed by atoms with E-state index in [1.165, 1.54) is 0 Å². The first-order valence-corrected chi connectivity index (χ1v) is 5.54. The van der Waals surface area contributed by atoms with E-state index in [0.717, 1.165) is 31.9 Å². The molecule has 1 unspecified atom stereocenters. The fraction of sp³-hybridized carbons (Fsp3) is 0.727. The highest BCUT2D eigenvalue weighted by molar-refractivity contribution is 4.95. The highest BCUT2D eigenvalue weighted by Crippen LogP contribution is 2.10. The molecule has 4 heteroatoms. The lowest BCUT2D eigenvalue weighted by atomic mass is 10.3. The number of hydrogen-bond donors (Lipinski definition) is 1. The van der Waals surface area contributed by atoms with Crippen LogP contribution in [-0.4, -0.2) is 36.4 Å². The van der Waals surface area contributed by atoms with E-state index in [9.17, 15) is 0 Å². The van der Waals surface area contributed by atoms with Crippen LogP contribution in [0.1, 0.15) is 25.7 Å². The first kappa shape index (κ1) is 12.2. The molecule has 1 heterocycles. The lowest BCUT2D eigenvalue weighted by Crippen LogP contribution is -2.29. The van der Waals surface area contributed by atoms with Crippen molar-refractivity contribution in [3.63, 3.8) is 0 Å². The maximum atomic E-state index is 5.24. The third-order valence-corrected chi connectivity index (χ3v) is 2.45. The van der Waals surface area contributed by atoms with Crippen LogP contribution in [0, 0.1) is 0 Å². The Morgan fingerprint density at radius 3 is 2.93 bits per heavy atom. The van der Waals surface area contributed by atoms with Crippen LogP contribution in [0.3, 0.4) is 0 Å². The van der Waals surface area contributed by atoms with Gasteiger partial charge in [-0.15, -0.1) is 0 Å². The normalized spacial score (nSPS) is 13.0. The molecule has 0 bridgehead atoms. The molecule has 1 atom stereocenters. The lowest BCUT2D eigenvalue weighted by molar-refractivity contribution is 0.152. The SMILES string of the molecule is CCNCC(COC)n1ccnc1CC. The van der Waals surface area contributed by atoms with Gasteiger partial charge in [0.2, 0.25) is 0 Å². The van der Waals surface area contributed by atoms with Crippen molar-refractivity contribution in [2.75, 3.05) is 26.8 Å². The Morgan fingerprint density at radius 2 is 2.33 bits per heavy atom. The molecule has 0 spiro atoms. The Labute approximate surface area is 91.7 Å². The maximum absolute atomic E-state index is 5.24. The minimum absolute atomic E-state index is 0.340. The van der Waals surface area contributed by atoms with Gasteiger partial charge in [0, 0.05) is 32.5 Å². The zero-order chi connectivity index (χ0) is 11.1. The maximum Gasteiger partial charge on any atom is 0.108 e. The second-order valence-electron chi connectivity index (χ2n) is 3.52. The van der Waals surface area contributed by atoms with Crippen molar-refractivity contribution in [3.05, 3.63) is 18.2 Å². The molecule has 0 aliphatic rings. The van der Waals surface area contributed by atoms with Crippen molar-refractivity contribution in [1.29, 1.82) is 0 Å². The van der Waals surface area contributed by atoms with E-state index in [2.05, 4.69) is 28.7 Å². The zero-order valence-electron chi connectivity index (χ0n) is 9.86. The molecule has 0 saturated carbocycles. The van der Waals surface area contributed by atoms with Gasteiger partial charge >= 0.3 is 0 Å². The number of likely N-dealkylation sites (N-methyl/N-ethyl adjacent to an activating group) is 1. The molecule has 86 valence electrons. The predicted molar refractivity (Wildman–Crippen MR) is 61.1 cm³/mol. The van der Waals surface area contributed by atoms with Gasteiger partial charge < -0.3 is 14.6 Å². The molecule has 0 aromatic carbocycles. The first-order valence-electron chi connectivity index (χ1n) is 5.54. The van der Waals surface area contributed by atoms with Gasteiger partial charge in [0.1, 0.15) is 5.82 Å². The summed E-state index contributed by atoms with van der Waals surface area (Å²) in [5.41, 5.74) is 0. The summed E-state index contributed by atoms with van der Waals surface area (Å²) in [6, 6.07) is 0.340. The van der Waals surface area contributed by atoms with Crippen LogP contribution >= 0.6 is 0 Å². The van der Waals surface area contributed by atoms with Crippen molar-refractivity contribution in [3.8, 4) is 0 Å². The summed E-state index contributed by atoms with van der Waals surface area (Å²) in [6.45, 7) is 6.86. The second-order valence-corrected chi connectivity index (χ2v) is 3.52. The molecule has 15 heavy (non-hydrogen) atoms. The van der Waals surface area contributed by atoms with Crippen LogP contribution in [0.25, 0.3) is 0 Å². The van der Waals surface area contributed by atoms with E-state index in [-0.39, 0.29) is 0 Å². The average molecular weight is 211 g/mol. The molecule has 1 N–H and O–H groups in total. The number of nitrogens with one attached hydrogen (secondary N) is 1. The number of methoxy groups -OCH3 is 1. The van der Waals surface area contributed by atoms with E-state index < -0.39 is 0 Å². The summed E-state index contributed by atoms with van der Waals surface area (Å²) in [5.74, 6) is 1.12. The van der Waals surface area contributed by atoms with Crippen LogP contribution in [0.2, 0.25) is 0 Å². The Bertz CT molecular complexity index is 273. The summed E-state index contributed by atoms with van der Waals surface area (Å²) in [7, 11) is 1.74. The Morgan fingerprint density at radius 1 is 1.53 bits per heavy atom. The van der Waals surface area contributed by atoms with E-state index >= 15 is 0 Å². The summed E-state index contributed by atoms with van der Waals surface area (Å²) in [6.07, 6.45) is 4.84. The van der Waals surface area contributed by atoms with E-state index in [4.69, 9.17) is 4.74 Å². The highest BCUT2D eigenvalue weighted by Gasteiger charge is 2.12. The zero-order valence-corrected chi connectivity index (χ0v) is 9.86. The van der Waals surface area contributed by atoms with Gasteiger partial charge in [0.15, 0.2) is 0 Å². The number of hydrogen-bond acceptors (Lipinski definition) is 3. The number of nitrogens with zero attached hydrogens (tertiary/aromatic N) is 2. The fourth-order valence-corrected chi connectivity index (χ4v) is 1.69. The van der Waals surface area contributed by atoms with Gasteiger partial charge in [-0.25, -0.2) is 4.98 Å². The number of rotatable bonds is 7. The van der Waals surface area contributed by atoms with Crippen LogP contribution in [0.4, 0.5) is 0 Å². The van der Waals surface area contributed by atoms with Crippen molar-refractivity contribution < 1.29 is 4.74 Å². The van der Waals surface area contributed by atoms with Gasteiger partial charge in [-0.1, -0.05) is 13.8 Å². The van der Waals surface area contributed by atoms with Crippen LogP contribution < -0.4 is 5.32 Å². The number of ether oxygens (including phenoxy) is 1. The number of aryl methyl sites for hydroxylation is 1. The third kappa shape index (κ3) is 3.32. The number of aromatic nitrogens is 2. The molecule has 0 aliphatic heterocycles. The topological polar surface area (TPSA) is 39.1 Å². The van der Waals surface area contributed by atoms with Crippen LogP contribution in [0.5, 0.6) is 0 Å². The molecule has 1 aromatic rings. The summed E-state index contributed by atoms with van der Waals surface area (Å²) >= 11 is 0. The molecule has 1 aromatic heterocycles. The lowest BCUT2D eigenvalue weighted by Gasteiger charge is -2.20. The second kappa shape index (κ2) is 6.58. The molecular formula is C11H21N3O. The average Bonchev–Trinajstić information content (AvgIpc) is 2.72. The monoisotopic (exact) mass is 211 g/mol. The Kier molecular flexibility index (Phi) is 5.36. The Hall–Kier alpha value is -0.870. The summed E-state index contributed by atoms with van der Waals surface area (Å²) in [5, 5.41) is 3.34. The van der Waals surface area contributed by atoms with Gasteiger partial charge in [0.25, 0.3) is 0 Å². The van der Waals surface area contributed by atoms with Gasteiger partial charge in [-0.3, -0.25) is 0 Å². The molecule has 0 saturated heterocycles. The molecule has 0 amide bonds. The molecule has 0 radical (unpaired) electrons. The molecular weight excluding hydrogens is 190 g/mol. The standard InChI is InChI=1S/C11H21N3O/c1-4-11-13-6-7-14(11)10(9-15-3)8-12-5-2/h6-7,10,12H,4-5,8-9H2,1-3H3. The van der Waals surface area contributed by atoms with Crippen LogP contribution in [-0.2, 0) is 11.2 Å². The predicted octanol–water partition coefficient (Wildman–Crippen LogP) is 1.24. The minimum Gasteiger partial charge on any atom is -0.382 e. The van der Waals surface area contributed by atoms with E-state index in [0.29, 0.717) is 6.04 Å². The molecule has 0 aliphatic carbocycles. The fourth-order valence-electron chi connectivity index (χ4n) is 1.69. The van der Waals surface area contributed by atoms with Crippen LogP contribution in [0.15, 0.2) is 12.4 Å². The largest absolute Gasteiger partial charge is 0.382 e. The van der Waals surface area contributed by atoms with Crippen molar-refractivity contribution in [2.45, 2.75) is 26.3 Å². The van der Waals surface area contributed by atoms with E-state index in [1.54, 1.807) is 7.11 Å². The minimum atomic E-state index is 0.340. The quantitative estimate of drug-likeness (QED) is 0.737. The van der Waals surface area contributed by atoms with Crippen molar-refractivity contribution in [1.82, 2.24) is 14.9 Å². The summed E-state index contributed by atoms with van der Waals surface area (Å²) in [4.78, 5) is 4.33. The molecule has 0 fully saturated rings. The Balaban J connectivity index is 2.69. The smallest absolute Gasteiger partial charge is 0.108 e. The third-order valence-electron chi connectivity index (χ3n) is 2.45. The van der Waals surface area contributed by atoms with Gasteiger partial charge in [0.05, 0.1) is 12.6 Å². The molecule has 4 nitrogen and oxygen atoms in total. The highest BCUT2D eigenvalue weighted by atomic mass is 16.5. The number of imidazole rings is 1. The van der Waals surface area contributed by atoms with Gasteiger partial charge in [-0.05, 0) is 6.54 Å². The van der Waals surface area contributed by atoms with Crippen molar-refractivity contribution >= 4 is 0 Å². The van der Waals surface area contributed by atoms with Gasteiger partial charge in [-0.2, -0.15) is 0 Å².